The minimum Gasteiger partial charge on any atom is -0.508 e. The molecule has 0 aromatic heterocycles. The van der Waals surface area contributed by atoms with E-state index in [9.17, 15) is 9.90 Å². The molecule has 1 saturated carbocycles. The molecular formula is C15H20N2O2. The SMILES string of the molecule is C/C(=N\NC(=O)C1CCCCC1)c1cccc(O)c1. The average molecular weight is 260 g/mol. The lowest BCUT2D eigenvalue weighted by atomic mass is 9.89. The Morgan fingerprint density at radius 3 is 2.74 bits per heavy atom. The van der Waals surface area contributed by atoms with Gasteiger partial charge in [-0.1, -0.05) is 31.4 Å². The Bertz CT molecular complexity index is 477. The topological polar surface area (TPSA) is 61.7 Å². The zero-order valence-corrected chi connectivity index (χ0v) is 11.2. The monoisotopic (exact) mass is 260 g/mol. The number of aromatic hydroxyl groups is 1. The largest absolute Gasteiger partial charge is 0.508 e. The number of benzene rings is 1. The highest BCUT2D eigenvalue weighted by molar-refractivity contribution is 5.99. The molecule has 4 heteroatoms. The van der Waals surface area contributed by atoms with Crippen LogP contribution in [-0.2, 0) is 4.79 Å². The molecule has 1 aromatic carbocycles. The fourth-order valence-corrected chi connectivity index (χ4v) is 2.39. The number of hydrazone groups is 1. The Hall–Kier alpha value is -1.84. The number of phenolic OH excluding ortho intramolecular Hbond substituents is 1. The van der Waals surface area contributed by atoms with E-state index in [2.05, 4.69) is 10.5 Å². The van der Waals surface area contributed by atoms with Crippen molar-refractivity contribution in [1.29, 1.82) is 0 Å². The standard InChI is InChI=1S/C15H20N2O2/c1-11(13-8-5-9-14(18)10-13)16-17-15(19)12-6-3-2-4-7-12/h5,8-10,12,18H,2-4,6-7H2,1H3,(H,17,19)/b16-11+. The van der Waals surface area contributed by atoms with Crippen LogP contribution in [0, 0.1) is 5.92 Å². The summed E-state index contributed by atoms with van der Waals surface area (Å²) >= 11 is 0. The number of nitrogens with zero attached hydrogens (tertiary/aromatic N) is 1. The van der Waals surface area contributed by atoms with Gasteiger partial charge in [-0.25, -0.2) is 5.43 Å². The van der Waals surface area contributed by atoms with Crippen LogP contribution in [-0.4, -0.2) is 16.7 Å². The van der Waals surface area contributed by atoms with Crippen LogP contribution in [0.3, 0.4) is 0 Å². The predicted molar refractivity (Wildman–Crippen MR) is 75.0 cm³/mol. The van der Waals surface area contributed by atoms with Gasteiger partial charge in [0.05, 0.1) is 5.71 Å². The summed E-state index contributed by atoms with van der Waals surface area (Å²) in [6.45, 7) is 1.82. The number of rotatable bonds is 3. The molecule has 0 bridgehead atoms. The summed E-state index contributed by atoms with van der Waals surface area (Å²) in [5.41, 5.74) is 4.14. The summed E-state index contributed by atoms with van der Waals surface area (Å²) in [7, 11) is 0. The van der Waals surface area contributed by atoms with Crippen molar-refractivity contribution >= 4 is 11.6 Å². The predicted octanol–water partition coefficient (Wildman–Crippen LogP) is 2.81. The molecule has 1 aromatic rings. The Labute approximate surface area is 113 Å². The Balaban J connectivity index is 1.95. The second-order valence-electron chi connectivity index (χ2n) is 5.06. The molecule has 2 N–H and O–H groups in total. The van der Waals surface area contributed by atoms with Crippen molar-refractivity contribution in [3.05, 3.63) is 29.8 Å². The molecule has 0 aliphatic heterocycles. The van der Waals surface area contributed by atoms with Crippen LogP contribution in [0.15, 0.2) is 29.4 Å². The summed E-state index contributed by atoms with van der Waals surface area (Å²) in [5, 5.41) is 13.5. The molecule has 4 nitrogen and oxygen atoms in total. The molecule has 2 rings (SSSR count). The quantitative estimate of drug-likeness (QED) is 0.648. The van der Waals surface area contributed by atoms with Gasteiger partial charge in [0.2, 0.25) is 5.91 Å². The van der Waals surface area contributed by atoms with Crippen molar-refractivity contribution in [2.75, 3.05) is 0 Å². The highest BCUT2D eigenvalue weighted by atomic mass is 16.3. The molecule has 0 heterocycles. The van der Waals surface area contributed by atoms with Crippen molar-refractivity contribution in [2.45, 2.75) is 39.0 Å². The normalized spacial score (nSPS) is 17.2. The van der Waals surface area contributed by atoms with E-state index in [4.69, 9.17) is 0 Å². The number of phenols is 1. The molecule has 1 aliphatic carbocycles. The second kappa shape index (κ2) is 6.36. The number of amides is 1. The molecule has 0 saturated heterocycles. The lowest BCUT2D eigenvalue weighted by molar-refractivity contribution is -0.125. The van der Waals surface area contributed by atoms with Crippen LogP contribution in [0.5, 0.6) is 5.75 Å². The smallest absolute Gasteiger partial charge is 0.243 e. The van der Waals surface area contributed by atoms with Crippen molar-refractivity contribution in [3.63, 3.8) is 0 Å². The highest BCUT2D eigenvalue weighted by Crippen LogP contribution is 2.23. The third kappa shape index (κ3) is 3.81. The van der Waals surface area contributed by atoms with Crippen molar-refractivity contribution in [3.8, 4) is 5.75 Å². The molecule has 0 radical (unpaired) electrons. The maximum absolute atomic E-state index is 11.9. The summed E-state index contributed by atoms with van der Waals surface area (Å²) in [6, 6.07) is 6.85. The van der Waals surface area contributed by atoms with Gasteiger partial charge in [0.25, 0.3) is 0 Å². The van der Waals surface area contributed by atoms with Crippen LogP contribution in [0.2, 0.25) is 0 Å². The molecule has 1 fully saturated rings. The van der Waals surface area contributed by atoms with Crippen molar-refractivity contribution in [2.24, 2.45) is 11.0 Å². The van der Waals surface area contributed by atoms with E-state index in [1.165, 1.54) is 6.42 Å². The minimum atomic E-state index is 0.0132. The summed E-state index contributed by atoms with van der Waals surface area (Å²) in [5.74, 6) is 0.319. The number of hydrogen-bond acceptors (Lipinski definition) is 3. The van der Waals surface area contributed by atoms with Gasteiger partial charge in [-0.15, -0.1) is 0 Å². The second-order valence-corrected chi connectivity index (χ2v) is 5.06. The highest BCUT2D eigenvalue weighted by Gasteiger charge is 2.20. The maximum atomic E-state index is 11.9. The van der Waals surface area contributed by atoms with Gasteiger partial charge >= 0.3 is 0 Å². The van der Waals surface area contributed by atoms with E-state index < -0.39 is 0 Å². The lowest BCUT2D eigenvalue weighted by Crippen LogP contribution is -2.29. The zero-order chi connectivity index (χ0) is 13.7. The lowest BCUT2D eigenvalue weighted by Gasteiger charge is -2.19. The van der Waals surface area contributed by atoms with Gasteiger partial charge in [0.15, 0.2) is 0 Å². The molecule has 0 spiro atoms. The van der Waals surface area contributed by atoms with Gasteiger partial charge in [-0.05, 0) is 31.9 Å². The number of nitrogens with one attached hydrogen (secondary N) is 1. The van der Waals surface area contributed by atoms with Crippen LogP contribution in [0.25, 0.3) is 0 Å². The zero-order valence-electron chi connectivity index (χ0n) is 11.2. The fraction of sp³-hybridized carbons (Fsp3) is 0.467. The summed E-state index contributed by atoms with van der Waals surface area (Å²) in [4.78, 5) is 11.9. The first-order chi connectivity index (χ1) is 9.16. The molecule has 19 heavy (non-hydrogen) atoms. The molecule has 1 aliphatic rings. The van der Waals surface area contributed by atoms with E-state index in [1.54, 1.807) is 18.2 Å². The van der Waals surface area contributed by atoms with Crippen LogP contribution >= 0.6 is 0 Å². The average Bonchev–Trinajstić information content (AvgIpc) is 2.45. The Kier molecular flexibility index (Phi) is 4.55. The first-order valence-corrected chi connectivity index (χ1v) is 6.80. The first-order valence-electron chi connectivity index (χ1n) is 6.80. The van der Waals surface area contributed by atoms with Crippen LogP contribution in [0.1, 0.15) is 44.6 Å². The van der Waals surface area contributed by atoms with Gasteiger partial charge in [0.1, 0.15) is 5.75 Å². The van der Waals surface area contributed by atoms with Gasteiger partial charge in [-0.3, -0.25) is 4.79 Å². The van der Waals surface area contributed by atoms with Gasteiger partial charge in [0, 0.05) is 11.5 Å². The third-order valence-corrected chi connectivity index (χ3v) is 3.57. The molecule has 0 atom stereocenters. The van der Waals surface area contributed by atoms with E-state index >= 15 is 0 Å². The minimum absolute atomic E-state index is 0.0132. The van der Waals surface area contributed by atoms with E-state index in [-0.39, 0.29) is 17.6 Å². The molecule has 1 amide bonds. The Morgan fingerprint density at radius 2 is 2.05 bits per heavy atom. The van der Waals surface area contributed by atoms with Gasteiger partial charge < -0.3 is 5.11 Å². The third-order valence-electron chi connectivity index (χ3n) is 3.57. The molecular weight excluding hydrogens is 240 g/mol. The van der Waals surface area contributed by atoms with Crippen molar-refractivity contribution in [1.82, 2.24) is 5.43 Å². The van der Waals surface area contributed by atoms with E-state index in [0.29, 0.717) is 5.71 Å². The number of hydrogen-bond donors (Lipinski definition) is 2. The van der Waals surface area contributed by atoms with Crippen LogP contribution in [0.4, 0.5) is 0 Å². The molecule has 102 valence electrons. The number of carbonyl (C=O) groups is 1. The summed E-state index contributed by atoms with van der Waals surface area (Å²) < 4.78 is 0. The van der Waals surface area contributed by atoms with Crippen molar-refractivity contribution < 1.29 is 9.90 Å². The Morgan fingerprint density at radius 1 is 1.32 bits per heavy atom. The fourth-order valence-electron chi connectivity index (χ4n) is 2.39. The maximum Gasteiger partial charge on any atom is 0.243 e. The molecule has 0 unspecified atom stereocenters. The van der Waals surface area contributed by atoms with Gasteiger partial charge in [-0.2, -0.15) is 5.10 Å². The summed E-state index contributed by atoms with van der Waals surface area (Å²) in [6.07, 6.45) is 5.43. The first kappa shape index (κ1) is 13.6. The van der Waals surface area contributed by atoms with E-state index in [0.717, 1.165) is 31.2 Å². The number of carbonyl (C=O) groups excluding carboxylic acids is 1. The van der Waals surface area contributed by atoms with Crippen LogP contribution < -0.4 is 5.43 Å². The van der Waals surface area contributed by atoms with E-state index in [1.807, 2.05) is 13.0 Å².